The van der Waals surface area contributed by atoms with Gasteiger partial charge in [0.05, 0.1) is 0 Å². The van der Waals surface area contributed by atoms with Gasteiger partial charge in [-0.1, -0.05) is 0 Å². The molecule has 1 fully saturated rings. The molecule has 2 unspecified atom stereocenters. The first-order valence-electron chi connectivity index (χ1n) is 6.80. The van der Waals surface area contributed by atoms with Crippen LogP contribution < -0.4 is 11.3 Å². The summed E-state index contributed by atoms with van der Waals surface area (Å²) in [5.41, 5.74) is 3.12. The molecule has 4 nitrogen and oxygen atoms in total. The van der Waals surface area contributed by atoms with E-state index in [2.05, 4.69) is 22.3 Å². The molecule has 1 aromatic rings. The molecule has 2 atom stereocenters. The zero-order valence-electron chi connectivity index (χ0n) is 11.9. The molecule has 2 rings (SSSR count). The van der Waals surface area contributed by atoms with Gasteiger partial charge in [-0.2, -0.15) is 0 Å². The molecule has 0 amide bonds. The van der Waals surface area contributed by atoms with E-state index in [1.54, 1.807) is 0 Å². The Morgan fingerprint density at radius 3 is 2.80 bits per heavy atom. The van der Waals surface area contributed by atoms with Gasteiger partial charge in [-0.05, 0) is 44.3 Å². The number of nitrogens with two attached hydrogens (primary N) is 1. The lowest BCUT2D eigenvalue weighted by Gasteiger charge is -2.41. The van der Waals surface area contributed by atoms with Crippen LogP contribution in [-0.4, -0.2) is 55.6 Å². The lowest BCUT2D eigenvalue weighted by atomic mass is 9.96. The van der Waals surface area contributed by atoms with Gasteiger partial charge in [-0.25, -0.2) is 8.78 Å². The fourth-order valence-corrected chi connectivity index (χ4v) is 2.72. The van der Waals surface area contributed by atoms with E-state index in [9.17, 15) is 8.78 Å². The summed E-state index contributed by atoms with van der Waals surface area (Å²) in [5.74, 6) is 4.82. The maximum Gasteiger partial charge on any atom is 0.126 e. The number of nitrogens with one attached hydrogen (secondary N) is 1. The van der Waals surface area contributed by atoms with Gasteiger partial charge in [0.2, 0.25) is 0 Å². The molecule has 0 bridgehead atoms. The Morgan fingerprint density at radius 1 is 1.35 bits per heavy atom. The summed E-state index contributed by atoms with van der Waals surface area (Å²) in [4.78, 5) is 4.43. The van der Waals surface area contributed by atoms with Crippen LogP contribution in [-0.2, 0) is 6.42 Å². The Kier molecular flexibility index (Phi) is 5.04. The van der Waals surface area contributed by atoms with Gasteiger partial charge >= 0.3 is 0 Å². The van der Waals surface area contributed by atoms with Crippen LogP contribution in [0, 0.1) is 11.6 Å². The molecule has 0 saturated carbocycles. The minimum atomic E-state index is -0.425. The largest absolute Gasteiger partial charge is 0.303 e. The van der Waals surface area contributed by atoms with Gasteiger partial charge in [-0.15, -0.1) is 0 Å². The molecule has 20 heavy (non-hydrogen) atoms. The predicted octanol–water partition coefficient (Wildman–Crippen LogP) is 0.585. The van der Waals surface area contributed by atoms with Gasteiger partial charge in [0.15, 0.2) is 0 Å². The number of nitrogens with zero attached hydrogens (tertiary/aromatic N) is 2. The summed E-state index contributed by atoms with van der Waals surface area (Å²) in [6.07, 6.45) is 0.364. The van der Waals surface area contributed by atoms with Crippen molar-refractivity contribution in [1.29, 1.82) is 0 Å². The van der Waals surface area contributed by atoms with Crippen molar-refractivity contribution in [2.24, 2.45) is 5.84 Å². The molecule has 0 aliphatic carbocycles. The van der Waals surface area contributed by atoms with E-state index >= 15 is 0 Å². The molecule has 3 N–H and O–H groups in total. The lowest BCUT2D eigenvalue weighted by Crippen LogP contribution is -2.60. The average Bonchev–Trinajstić information content (AvgIpc) is 2.42. The standard InChI is InChI=1S/C14H22F2N4/c1-19-5-6-20(2)14(9-19)13(18-17)8-10-7-11(15)3-4-12(10)16/h3-4,7,13-14,18H,5-6,8-9,17H2,1-2H3. The van der Waals surface area contributed by atoms with Gasteiger partial charge in [-0.3, -0.25) is 16.2 Å². The molecule has 1 saturated heterocycles. The number of hydrogen-bond donors (Lipinski definition) is 2. The second-order valence-corrected chi connectivity index (χ2v) is 5.52. The summed E-state index contributed by atoms with van der Waals surface area (Å²) in [5, 5.41) is 0. The van der Waals surface area contributed by atoms with E-state index < -0.39 is 11.6 Å². The van der Waals surface area contributed by atoms with Gasteiger partial charge < -0.3 is 4.90 Å². The first-order chi connectivity index (χ1) is 9.51. The van der Waals surface area contributed by atoms with Crippen LogP contribution in [0.4, 0.5) is 8.78 Å². The van der Waals surface area contributed by atoms with Crippen LogP contribution in [0.25, 0.3) is 0 Å². The molecule has 0 spiro atoms. The lowest BCUT2D eigenvalue weighted by molar-refractivity contribution is 0.0874. The molecule has 1 aliphatic heterocycles. The summed E-state index contributed by atoms with van der Waals surface area (Å²) in [6, 6.07) is 3.58. The predicted molar refractivity (Wildman–Crippen MR) is 75.1 cm³/mol. The third kappa shape index (κ3) is 3.52. The molecule has 6 heteroatoms. The smallest absolute Gasteiger partial charge is 0.126 e. The Bertz CT molecular complexity index is 455. The summed E-state index contributed by atoms with van der Waals surface area (Å²) in [7, 11) is 4.08. The SMILES string of the molecule is CN1CCN(C)C(C(Cc2cc(F)ccc2F)NN)C1. The number of hydrogen-bond acceptors (Lipinski definition) is 4. The Morgan fingerprint density at radius 2 is 2.10 bits per heavy atom. The van der Waals surface area contributed by atoms with Gasteiger partial charge in [0, 0.05) is 31.7 Å². The van der Waals surface area contributed by atoms with Crippen molar-refractivity contribution in [2.45, 2.75) is 18.5 Å². The van der Waals surface area contributed by atoms with Crippen molar-refractivity contribution in [3.05, 3.63) is 35.4 Å². The van der Waals surface area contributed by atoms with Crippen LogP contribution in [0.1, 0.15) is 5.56 Å². The van der Waals surface area contributed by atoms with Crippen LogP contribution in [0.3, 0.4) is 0 Å². The quantitative estimate of drug-likeness (QED) is 0.627. The highest BCUT2D eigenvalue weighted by Gasteiger charge is 2.29. The zero-order chi connectivity index (χ0) is 14.7. The maximum absolute atomic E-state index is 13.7. The van der Waals surface area contributed by atoms with Gasteiger partial charge in [0.1, 0.15) is 11.6 Å². The second-order valence-electron chi connectivity index (χ2n) is 5.52. The monoisotopic (exact) mass is 284 g/mol. The maximum atomic E-state index is 13.7. The molecular weight excluding hydrogens is 262 g/mol. The van der Waals surface area contributed by atoms with Gasteiger partial charge in [0.25, 0.3) is 0 Å². The van der Waals surface area contributed by atoms with E-state index in [0.29, 0.717) is 12.0 Å². The van der Waals surface area contributed by atoms with Crippen molar-refractivity contribution >= 4 is 0 Å². The molecule has 1 heterocycles. The second kappa shape index (κ2) is 6.58. The van der Waals surface area contributed by atoms with E-state index in [-0.39, 0.29) is 12.1 Å². The Labute approximate surface area is 118 Å². The van der Waals surface area contributed by atoms with E-state index in [4.69, 9.17) is 5.84 Å². The highest BCUT2D eigenvalue weighted by atomic mass is 19.1. The van der Waals surface area contributed by atoms with E-state index in [0.717, 1.165) is 31.8 Å². The van der Waals surface area contributed by atoms with Crippen molar-refractivity contribution in [3.63, 3.8) is 0 Å². The first kappa shape index (κ1) is 15.3. The van der Waals surface area contributed by atoms with E-state index in [1.807, 2.05) is 7.05 Å². The number of rotatable bonds is 4. The number of likely N-dealkylation sites (N-methyl/N-ethyl adjacent to an activating group) is 2. The van der Waals surface area contributed by atoms with Crippen molar-refractivity contribution < 1.29 is 8.78 Å². The topological polar surface area (TPSA) is 44.5 Å². The minimum Gasteiger partial charge on any atom is -0.303 e. The molecule has 112 valence electrons. The van der Waals surface area contributed by atoms with E-state index in [1.165, 1.54) is 6.07 Å². The highest BCUT2D eigenvalue weighted by molar-refractivity contribution is 5.20. The Hall–Kier alpha value is -1.08. The highest BCUT2D eigenvalue weighted by Crippen LogP contribution is 2.17. The summed E-state index contributed by atoms with van der Waals surface area (Å²) in [6.45, 7) is 2.78. The minimum absolute atomic E-state index is 0.126. The Balaban J connectivity index is 2.13. The van der Waals surface area contributed by atoms with Crippen LogP contribution in [0.5, 0.6) is 0 Å². The zero-order valence-corrected chi connectivity index (χ0v) is 11.9. The van der Waals surface area contributed by atoms with Crippen LogP contribution >= 0.6 is 0 Å². The molecule has 1 aromatic carbocycles. The normalized spacial score (nSPS) is 22.9. The van der Waals surface area contributed by atoms with Crippen LogP contribution in [0.15, 0.2) is 18.2 Å². The fourth-order valence-electron chi connectivity index (χ4n) is 2.72. The summed E-state index contributed by atoms with van der Waals surface area (Å²) >= 11 is 0. The summed E-state index contributed by atoms with van der Waals surface area (Å²) < 4.78 is 27.0. The molecular formula is C14H22F2N4. The number of benzene rings is 1. The number of halogens is 2. The average molecular weight is 284 g/mol. The third-order valence-corrected chi connectivity index (χ3v) is 4.03. The van der Waals surface area contributed by atoms with Crippen molar-refractivity contribution in [3.8, 4) is 0 Å². The third-order valence-electron chi connectivity index (χ3n) is 4.03. The number of piperazine rings is 1. The van der Waals surface area contributed by atoms with Crippen molar-refractivity contribution in [1.82, 2.24) is 15.2 Å². The number of hydrazine groups is 1. The molecule has 0 radical (unpaired) electrons. The van der Waals surface area contributed by atoms with Crippen molar-refractivity contribution in [2.75, 3.05) is 33.7 Å². The fraction of sp³-hybridized carbons (Fsp3) is 0.571. The molecule has 1 aliphatic rings. The van der Waals surface area contributed by atoms with Crippen LogP contribution in [0.2, 0.25) is 0 Å². The first-order valence-corrected chi connectivity index (χ1v) is 6.80. The molecule has 0 aromatic heterocycles.